The van der Waals surface area contributed by atoms with Crippen molar-refractivity contribution in [2.45, 2.75) is 25.2 Å². The fourth-order valence-corrected chi connectivity index (χ4v) is 1.97. The van der Waals surface area contributed by atoms with E-state index in [4.69, 9.17) is 5.11 Å². The molecule has 2 rings (SSSR count). The average Bonchev–Trinajstić information content (AvgIpc) is 2.17. The summed E-state index contributed by atoms with van der Waals surface area (Å²) >= 11 is 0. The molecule has 1 aliphatic rings. The molecule has 1 aromatic rings. The van der Waals surface area contributed by atoms with Crippen LogP contribution in [-0.4, -0.2) is 11.7 Å². The molecule has 0 spiro atoms. The van der Waals surface area contributed by atoms with Gasteiger partial charge in [0.15, 0.2) is 0 Å². The normalized spacial score (nSPS) is 21.9. The highest BCUT2D eigenvalue weighted by molar-refractivity contribution is 5.31. The average molecular weight is 161 g/mol. The molecule has 1 aliphatic carbocycles. The van der Waals surface area contributed by atoms with Gasteiger partial charge in [-0.15, -0.1) is 0 Å². The van der Waals surface area contributed by atoms with Gasteiger partial charge in [0.1, 0.15) is 0 Å². The first-order chi connectivity index (χ1) is 5.92. The molecule has 12 heavy (non-hydrogen) atoms. The Hall–Kier alpha value is -0.820. The third-order valence-corrected chi connectivity index (χ3v) is 2.65. The third kappa shape index (κ3) is 1.25. The third-order valence-electron chi connectivity index (χ3n) is 2.65. The fourth-order valence-electron chi connectivity index (χ4n) is 1.97. The molecule has 0 heterocycles. The van der Waals surface area contributed by atoms with Gasteiger partial charge in [0.2, 0.25) is 0 Å². The van der Waals surface area contributed by atoms with Crippen LogP contribution < -0.4 is 0 Å². The van der Waals surface area contributed by atoms with Gasteiger partial charge in [-0.1, -0.05) is 18.2 Å². The summed E-state index contributed by atoms with van der Waals surface area (Å²) in [5.74, 6) is 0.367. The standard InChI is InChI=1S/C11H13O/c12-8-10-6-3-5-9-4-1-2-7-11(9)10/h1,4,7,10,12H,3,5-6,8H2. The molecule has 1 nitrogen and oxygen atoms in total. The first kappa shape index (κ1) is 7.81. The summed E-state index contributed by atoms with van der Waals surface area (Å²) in [5.41, 5.74) is 2.71. The molecule has 1 atom stereocenters. The summed E-state index contributed by atoms with van der Waals surface area (Å²) in [5, 5.41) is 9.12. The van der Waals surface area contributed by atoms with E-state index in [0.717, 1.165) is 6.42 Å². The molecule has 63 valence electrons. The van der Waals surface area contributed by atoms with Crippen LogP contribution in [0.5, 0.6) is 0 Å². The number of aliphatic hydroxyl groups excluding tert-OH is 1. The maximum Gasteiger partial charge on any atom is 0.0499 e. The van der Waals surface area contributed by atoms with Crippen LogP contribution in [-0.2, 0) is 6.42 Å². The first-order valence-electron chi connectivity index (χ1n) is 4.51. The quantitative estimate of drug-likeness (QED) is 0.667. The SMILES string of the molecule is OCC1CCCc2cc[c]cc21. The molecule has 0 saturated heterocycles. The zero-order valence-electron chi connectivity index (χ0n) is 7.09. The van der Waals surface area contributed by atoms with Crippen molar-refractivity contribution in [2.24, 2.45) is 0 Å². The van der Waals surface area contributed by atoms with Crippen LogP contribution in [0.25, 0.3) is 0 Å². The van der Waals surface area contributed by atoms with Crippen molar-refractivity contribution < 1.29 is 5.11 Å². The summed E-state index contributed by atoms with van der Waals surface area (Å²) in [6.45, 7) is 0.283. The van der Waals surface area contributed by atoms with Crippen LogP contribution in [0.15, 0.2) is 18.2 Å². The van der Waals surface area contributed by atoms with Crippen molar-refractivity contribution in [1.29, 1.82) is 0 Å². The summed E-state index contributed by atoms with van der Waals surface area (Å²) in [4.78, 5) is 0. The van der Waals surface area contributed by atoms with Crippen molar-refractivity contribution in [3.63, 3.8) is 0 Å². The Morgan fingerprint density at radius 3 is 3.33 bits per heavy atom. The zero-order chi connectivity index (χ0) is 8.39. The summed E-state index contributed by atoms with van der Waals surface area (Å²) in [6, 6.07) is 9.18. The molecule has 0 aliphatic heterocycles. The van der Waals surface area contributed by atoms with E-state index in [1.807, 2.05) is 12.1 Å². The fraction of sp³-hybridized carbons (Fsp3) is 0.455. The van der Waals surface area contributed by atoms with E-state index in [0.29, 0.717) is 5.92 Å². The Bertz CT molecular complexity index is 267. The molecular weight excluding hydrogens is 148 g/mol. The van der Waals surface area contributed by atoms with E-state index in [-0.39, 0.29) is 6.61 Å². The number of aryl methyl sites for hydroxylation is 1. The lowest BCUT2D eigenvalue weighted by atomic mass is 9.83. The minimum absolute atomic E-state index is 0.283. The minimum atomic E-state index is 0.283. The number of aliphatic hydroxyl groups is 1. The maximum absolute atomic E-state index is 9.12. The number of hydrogen-bond donors (Lipinski definition) is 1. The van der Waals surface area contributed by atoms with Crippen molar-refractivity contribution in [3.05, 3.63) is 35.4 Å². The first-order valence-corrected chi connectivity index (χ1v) is 4.51. The van der Waals surface area contributed by atoms with Gasteiger partial charge in [-0.2, -0.15) is 0 Å². The Balaban J connectivity index is 2.37. The molecule has 1 radical (unpaired) electrons. The lowest BCUT2D eigenvalue weighted by Crippen LogP contribution is -2.12. The van der Waals surface area contributed by atoms with Crippen LogP contribution in [0, 0.1) is 6.07 Å². The zero-order valence-corrected chi connectivity index (χ0v) is 7.09. The molecular formula is C11H13O. The topological polar surface area (TPSA) is 20.2 Å². The Kier molecular flexibility index (Phi) is 2.13. The molecule has 0 bridgehead atoms. The van der Waals surface area contributed by atoms with Gasteiger partial charge < -0.3 is 5.11 Å². The van der Waals surface area contributed by atoms with Crippen molar-refractivity contribution >= 4 is 0 Å². The molecule has 0 aromatic heterocycles. The van der Waals surface area contributed by atoms with E-state index >= 15 is 0 Å². The summed E-state index contributed by atoms with van der Waals surface area (Å²) in [6.07, 6.45) is 3.50. The Morgan fingerprint density at radius 2 is 2.50 bits per heavy atom. The Morgan fingerprint density at radius 1 is 1.58 bits per heavy atom. The lowest BCUT2D eigenvalue weighted by molar-refractivity contribution is 0.253. The Labute approximate surface area is 73.0 Å². The molecule has 1 unspecified atom stereocenters. The maximum atomic E-state index is 9.12. The molecule has 0 amide bonds. The van der Waals surface area contributed by atoms with Crippen molar-refractivity contribution in [2.75, 3.05) is 6.61 Å². The van der Waals surface area contributed by atoms with Gasteiger partial charge >= 0.3 is 0 Å². The van der Waals surface area contributed by atoms with Crippen LogP contribution in [0.1, 0.15) is 29.9 Å². The van der Waals surface area contributed by atoms with Gasteiger partial charge in [-0.25, -0.2) is 0 Å². The van der Waals surface area contributed by atoms with E-state index < -0.39 is 0 Å². The van der Waals surface area contributed by atoms with Gasteiger partial charge in [-0.3, -0.25) is 0 Å². The summed E-state index contributed by atoms with van der Waals surface area (Å²) in [7, 11) is 0. The van der Waals surface area contributed by atoms with Gasteiger partial charge in [0, 0.05) is 12.5 Å². The van der Waals surface area contributed by atoms with Crippen LogP contribution >= 0.6 is 0 Å². The molecule has 1 heteroatoms. The van der Waals surface area contributed by atoms with E-state index in [2.05, 4.69) is 12.1 Å². The predicted octanol–water partition coefficient (Wildman–Crippen LogP) is 1.90. The number of rotatable bonds is 1. The van der Waals surface area contributed by atoms with Crippen LogP contribution in [0.2, 0.25) is 0 Å². The minimum Gasteiger partial charge on any atom is -0.396 e. The largest absolute Gasteiger partial charge is 0.396 e. The number of fused-ring (bicyclic) bond motifs is 1. The van der Waals surface area contributed by atoms with Crippen LogP contribution in [0.4, 0.5) is 0 Å². The van der Waals surface area contributed by atoms with Gasteiger partial charge in [0.25, 0.3) is 0 Å². The van der Waals surface area contributed by atoms with E-state index in [9.17, 15) is 0 Å². The van der Waals surface area contributed by atoms with Crippen molar-refractivity contribution in [1.82, 2.24) is 0 Å². The summed E-state index contributed by atoms with van der Waals surface area (Å²) < 4.78 is 0. The second-order valence-corrected chi connectivity index (χ2v) is 3.40. The molecule has 0 fully saturated rings. The number of hydrogen-bond acceptors (Lipinski definition) is 1. The molecule has 1 N–H and O–H groups in total. The van der Waals surface area contributed by atoms with E-state index in [1.54, 1.807) is 0 Å². The van der Waals surface area contributed by atoms with Gasteiger partial charge in [0.05, 0.1) is 0 Å². The lowest BCUT2D eigenvalue weighted by Gasteiger charge is -2.23. The molecule has 1 aromatic carbocycles. The second-order valence-electron chi connectivity index (χ2n) is 3.40. The monoisotopic (exact) mass is 161 g/mol. The molecule has 0 saturated carbocycles. The number of benzene rings is 1. The highest BCUT2D eigenvalue weighted by atomic mass is 16.3. The highest BCUT2D eigenvalue weighted by Crippen LogP contribution is 2.30. The predicted molar refractivity (Wildman–Crippen MR) is 48.0 cm³/mol. The van der Waals surface area contributed by atoms with Crippen molar-refractivity contribution in [3.8, 4) is 0 Å². The highest BCUT2D eigenvalue weighted by Gasteiger charge is 2.18. The second kappa shape index (κ2) is 3.28. The van der Waals surface area contributed by atoms with E-state index in [1.165, 1.54) is 24.0 Å². The van der Waals surface area contributed by atoms with Crippen LogP contribution in [0.3, 0.4) is 0 Å². The smallest absolute Gasteiger partial charge is 0.0499 e. The van der Waals surface area contributed by atoms with Gasteiger partial charge in [-0.05, 0) is 36.5 Å².